The molecule has 0 radical (unpaired) electrons. The van der Waals surface area contributed by atoms with Crippen LogP contribution >= 0.6 is 0 Å². The van der Waals surface area contributed by atoms with E-state index in [0.29, 0.717) is 11.3 Å². The minimum Gasteiger partial charge on any atom is -0.327 e. The molecule has 1 unspecified atom stereocenters. The van der Waals surface area contributed by atoms with Crippen LogP contribution in [0.5, 0.6) is 0 Å². The summed E-state index contributed by atoms with van der Waals surface area (Å²) in [6.45, 7) is 2.07. The first kappa shape index (κ1) is 14.2. The van der Waals surface area contributed by atoms with Crippen LogP contribution in [0.15, 0.2) is 29.2 Å². The first-order valence-corrected chi connectivity index (χ1v) is 7.26. The monoisotopic (exact) mass is 256 g/mol. The molecule has 0 aromatic heterocycles. The Morgan fingerprint density at radius 2 is 2.00 bits per heavy atom. The highest BCUT2D eigenvalue weighted by molar-refractivity contribution is 7.89. The molecule has 4 nitrogen and oxygen atoms in total. The highest BCUT2D eigenvalue weighted by Gasteiger charge is 2.17. The van der Waals surface area contributed by atoms with Crippen molar-refractivity contribution < 1.29 is 8.42 Å². The van der Waals surface area contributed by atoms with E-state index >= 15 is 0 Å². The lowest BCUT2D eigenvalue weighted by molar-refractivity contribution is 0.578. The standard InChI is InChI=1S/C12H20N2O2S/c1-3-6-11(13)9-10-7-4-5-8-12(10)17(15,16)14-2/h4-5,7-8,11,14H,3,6,9,13H2,1-2H3. The molecule has 0 saturated carbocycles. The van der Waals surface area contributed by atoms with Gasteiger partial charge in [0.1, 0.15) is 0 Å². The molecule has 3 N–H and O–H groups in total. The van der Waals surface area contributed by atoms with Gasteiger partial charge in [-0.1, -0.05) is 31.5 Å². The van der Waals surface area contributed by atoms with E-state index in [2.05, 4.69) is 11.6 Å². The number of rotatable bonds is 6. The molecule has 1 aromatic rings. The predicted octanol–water partition coefficient (Wildman–Crippen LogP) is 1.26. The molecule has 96 valence electrons. The summed E-state index contributed by atoms with van der Waals surface area (Å²) in [6.07, 6.45) is 2.49. The number of sulfonamides is 1. The topological polar surface area (TPSA) is 72.2 Å². The molecule has 0 bridgehead atoms. The molecule has 0 spiro atoms. The van der Waals surface area contributed by atoms with Crippen molar-refractivity contribution in [3.05, 3.63) is 29.8 Å². The molecule has 0 aliphatic heterocycles. The number of benzene rings is 1. The molecule has 0 heterocycles. The molecule has 0 fully saturated rings. The highest BCUT2D eigenvalue weighted by atomic mass is 32.2. The van der Waals surface area contributed by atoms with Crippen LogP contribution in [0.25, 0.3) is 0 Å². The van der Waals surface area contributed by atoms with Crippen LogP contribution in [-0.2, 0) is 16.4 Å². The smallest absolute Gasteiger partial charge is 0.240 e. The van der Waals surface area contributed by atoms with Gasteiger partial charge in [0.15, 0.2) is 0 Å². The number of hydrogen-bond donors (Lipinski definition) is 2. The Labute approximate surface area is 103 Å². The van der Waals surface area contributed by atoms with E-state index in [0.717, 1.165) is 18.4 Å². The third-order valence-electron chi connectivity index (χ3n) is 2.67. The Hall–Kier alpha value is -0.910. The van der Waals surface area contributed by atoms with Crippen molar-refractivity contribution in [1.82, 2.24) is 4.72 Å². The van der Waals surface area contributed by atoms with Crippen molar-refractivity contribution in [3.63, 3.8) is 0 Å². The van der Waals surface area contributed by atoms with Gasteiger partial charge >= 0.3 is 0 Å². The first-order chi connectivity index (χ1) is 8.01. The summed E-state index contributed by atoms with van der Waals surface area (Å²) in [5.41, 5.74) is 6.73. The van der Waals surface area contributed by atoms with E-state index in [1.807, 2.05) is 12.1 Å². The fourth-order valence-corrected chi connectivity index (χ4v) is 2.77. The quantitative estimate of drug-likeness (QED) is 0.805. The Morgan fingerprint density at radius 3 is 2.59 bits per heavy atom. The molecule has 0 aliphatic carbocycles. The lowest BCUT2D eigenvalue weighted by Crippen LogP contribution is -2.25. The Bertz CT molecular complexity index is 457. The maximum Gasteiger partial charge on any atom is 0.240 e. The number of nitrogens with one attached hydrogen (secondary N) is 1. The van der Waals surface area contributed by atoms with Gasteiger partial charge in [-0.05, 0) is 31.5 Å². The molecule has 1 aromatic carbocycles. The lowest BCUT2D eigenvalue weighted by atomic mass is 10.0. The van der Waals surface area contributed by atoms with Crippen molar-refractivity contribution >= 4 is 10.0 Å². The van der Waals surface area contributed by atoms with E-state index in [1.54, 1.807) is 12.1 Å². The Balaban J connectivity index is 3.01. The molecule has 0 aliphatic rings. The minimum absolute atomic E-state index is 0.00760. The fraction of sp³-hybridized carbons (Fsp3) is 0.500. The Kier molecular flexibility index (Phi) is 5.11. The molecule has 0 amide bonds. The van der Waals surface area contributed by atoms with Crippen LogP contribution in [0.1, 0.15) is 25.3 Å². The van der Waals surface area contributed by atoms with Crippen molar-refractivity contribution in [2.45, 2.75) is 37.1 Å². The highest BCUT2D eigenvalue weighted by Crippen LogP contribution is 2.17. The van der Waals surface area contributed by atoms with E-state index in [-0.39, 0.29) is 6.04 Å². The van der Waals surface area contributed by atoms with Gasteiger partial charge in [0, 0.05) is 6.04 Å². The van der Waals surface area contributed by atoms with Gasteiger partial charge in [-0.2, -0.15) is 0 Å². The van der Waals surface area contributed by atoms with Crippen LogP contribution in [0.3, 0.4) is 0 Å². The van der Waals surface area contributed by atoms with E-state index in [9.17, 15) is 8.42 Å². The van der Waals surface area contributed by atoms with Crippen molar-refractivity contribution in [1.29, 1.82) is 0 Å². The summed E-state index contributed by atoms with van der Waals surface area (Å²) < 4.78 is 26.0. The molecular weight excluding hydrogens is 236 g/mol. The normalized spacial score (nSPS) is 13.6. The van der Waals surface area contributed by atoms with Crippen LogP contribution in [0, 0.1) is 0 Å². The second kappa shape index (κ2) is 6.14. The van der Waals surface area contributed by atoms with Gasteiger partial charge in [-0.25, -0.2) is 13.1 Å². The third kappa shape index (κ3) is 3.80. The average molecular weight is 256 g/mol. The first-order valence-electron chi connectivity index (χ1n) is 5.78. The third-order valence-corrected chi connectivity index (χ3v) is 4.19. The molecule has 1 atom stereocenters. The zero-order valence-corrected chi connectivity index (χ0v) is 11.1. The van der Waals surface area contributed by atoms with Crippen LogP contribution in [-0.4, -0.2) is 21.5 Å². The Morgan fingerprint density at radius 1 is 1.35 bits per heavy atom. The average Bonchev–Trinajstić information content (AvgIpc) is 2.30. The largest absolute Gasteiger partial charge is 0.327 e. The number of hydrogen-bond acceptors (Lipinski definition) is 3. The number of nitrogens with two attached hydrogens (primary N) is 1. The second-order valence-corrected chi connectivity index (χ2v) is 5.92. The maximum atomic E-state index is 11.8. The summed E-state index contributed by atoms with van der Waals surface area (Å²) in [7, 11) is -1.98. The van der Waals surface area contributed by atoms with Crippen molar-refractivity contribution in [3.8, 4) is 0 Å². The summed E-state index contributed by atoms with van der Waals surface area (Å²) in [5, 5.41) is 0. The predicted molar refractivity (Wildman–Crippen MR) is 69.3 cm³/mol. The van der Waals surface area contributed by atoms with Gasteiger partial charge < -0.3 is 5.73 Å². The van der Waals surface area contributed by atoms with Gasteiger partial charge in [0.05, 0.1) is 4.90 Å². The van der Waals surface area contributed by atoms with Crippen molar-refractivity contribution in [2.75, 3.05) is 7.05 Å². The van der Waals surface area contributed by atoms with Gasteiger partial charge in [-0.3, -0.25) is 0 Å². The zero-order chi connectivity index (χ0) is 12.9. The van der Waals surface area contributed by atoms with Gasteiger partial charge in [-0.15, -0.1) is 0 Å². The van der Waals surface area contributed by atoms with Gasteiger partial charge in [0.25, 0.3) is 0 Å². The van der Waals surface area contributed by atoms with E-state index in [4.69, 9.17) is 5.73 Å². The van der Waals surface area contributed by atoms with Gasteiger partial charge in [0.2, 0.25) is 10.0 Å². The maximum absolute atomic E-state index is 11.8. The van der Waals surface area contributed by atoms with E-state index < -0.39 is 10.0 Å². The summed E-state index contributed by atoms with van der Waals surface area (Å²) in [4.78, 5) is 0.328. The molecule has 5 heteroatoms. The molecule has 17 heavy (non-hydrogen) atoms. The fourth-order valence-electron chi connectivity index (χ4n) is 1.80. The second-order valence-electron chi connectivity index (χ2n) is 4.07. The van der Waals surface area contributed by atoms with Crippen molar-refractivity contribution in [2.24, 2.45) is 5.73 Å². The summed E-state index contributed by atoms with van der Waals surface area (Å²) >= 11 is 0. The summed E-state index contributed by atoms with van der Waals surface area (Å²) in [5.74, 6) is 0. The molecule has 0 saturated heterocycles. The summed E-state index contributed by atoms with van der Waals surface area (Å²) in [6, 6.07) is 7.00. The molecular formula is C12H20N2O2S. The van der Waals surface area contributed by atoms with Crippen LogP contribution < -0.4 is 10.5 Å². The lowest BCUT2D eigenvalue weighted by Gasteiger charge is -2.13. The minimum atomic E-state index is -3.39. The van der Waals surface area contributed by atoms with Crippen LogP contribution in [0.2, 0.25) is 0 Å². The zero-order valence-electron chi connectivity index (χ0n) is 10.3. The van der Waals surface area contributed by atoms with Crippen LogP contribution in [0.4, 0.5) is 0 Å². The SMILES string of the molecule is CCCC(N)Cc1ccccc1S(=O)(=O)NC. The molecule has 1 rings (SSSR count). The van der Waals surface area contributed by atoms with E-state index in [1.165, 1.54) is 7.05 Å².